The average molecular weight is 461 g/mol. The third kappa shape index (κ3) is 7.86. The Bertz CT molecular complexity index is 876. The van der Waals surface area contributed by atoms with Gasteiger partial charge in [-0.15, -0.1) is 11.8 Å². The lowest BCUT2D eigenvalue weighted by molar-refractivity contribution is -0.139. The van der Waals surface area contributed by atoms with Crippen molar-refractivity contribution in [3.05, 3.63) is 65.5 Å². The van der Waals surface area contributed by atoms with Gasteiger partial charge in [0.2, 0.25) is 11.8 Å². The summed E-state index contributed by atoms with van der Waals surface area (Å²) in [6.45, 7) is 6.20. The molecule has 0 aliphatic rings. The van der Waals surface area contributed by atoms with E-state index >= 15 is 0 Å². The fourth-order valence-electron chi connectivity index (χ4n) is 3.25. The minimum absolute atomic E-state index is 0.0400. The number of amides is 2. The van der Waals surface area contributed by atoms with Gasteiger partial charge in [-0.2, -0.15) is 0 Å². The quantitative estimate of drug-likeness (QED) is 0.495. The molecule has 2 unspecified atom stereocenters. The summed E-state index contributed by atoms with van der Waals surface area (Å²) < 4.78 is 18.4. The summed E-state index contributed by atoms with van der Waals surface area (Å²) in [4.78, 5) is 27.9. The van der Waals surface area contributed by atoms with Crippen molar-refractivity contribution >= 4 is 23.6 Å². The molecule has 32 heavy (non-hydrogen) atoms. The van der Waals surface area contributed by atoms with Gasteiger partial charge in [-0.05, 0) is 55.2 Å². The summed E-state index contributed by atoms with van der Waals surface area (Å²) in [6.07, 6.45) is 1.33. The van der Waals surface area contributed by atoms with Crippen LogP contribution in [0.25, 0.3) is 0 Å². The molecule has 0 radical (unpaired) electrons. The summed E-state index contributed by atoms with van der Waals surface area (Å²) in [5, 5.41) is 3.01. The Morgan fingerprint density at radius 1 is 1.09 bits per heavy atom. The van der Waals surface area contributed by atoms with Crippen LogP contribution in [-0.2, 0) is 21.9 Å². The molecule has 0 aliphatic heterocycles. The maximum absolute atomic E-state index is 13.2. The van der Waals surface area contributed by atoms with Crippen molar-refractivity contribution in [2.24, 2.45) is 0 Å². The maximum atomic E-state index is 13.2. The highest BCUT2D eigenvalue weighted by Crippen LogP contribution is 2.20. The number of methoxy groups -OCH3 is 1. The van der Waals surface area contributed by atoms with Crippen LogP contribution in [0.5, 0.6) is 5.75 Å². The van der Waals surface area contributed by atoms with Gasteiger partial charge in [-0.1, -0.05) is 38.1 Å². The predicted octanol–water partition coefficient (Wildman–Crippen LogP) is 4.79. The molecule has 0 aliphatic carbocycles. The Morgan fingerprint density at radius 2 is 1.81 bits per heavy atom. The number of thioether (sulfide) groups is 1. The second-order valence-corrected chi connectivity index (χ2v) is 8.72. The molecule has 2 aromatic rings. The van der Waals surface area contributed by atoms with Crippen LogP contribution in [0, 0.1) is 5.82 Å². The monoisotopic (exact) mass is 460 g/mol. The highest BCUT2D eigenvalue weighted by Gasteiger charge is 2.29. The molecule has 0 bridgehead atoms. The number of rotatable bonds is 12. The number of benzene rings is 2. The van der Waals surface area contributed by atoms with Crippen LogP contribution >= 0.6 is 11.8 Å². The zero-order valence-corrected chi connectivity index (χ0v) is 20.1. The van der Waals surface area contributed by atoms with E-state index in [2.05, 4.69) is 5.32 Å². The second kappa shape index (κ2) is 13.1. The lowest BCUT2D eigenvalue weighted by atomic mass is 10.1. The summed E-state index contributed by atoms with van der Waals surface area (Å²) in [5.41, 5.74) is 1.85. The van der Waals surface area contributed by atoms with Gasteiger partial charge in [0.05, 0.1) is 12.9 Å². The molecule has 2 rings (SSSR count). The van der Waals surface area contributed by atoms with Crippen LogP contribution in [-0.4, -0.2) is 41.7 Å². The van der Waals surface area contributed by atoms with Crippen LogP contribution in [0.4, 0.5) is 4.39 Å². The highest BCUT2D eigenvalue weighted by atomic mass is 32.2. The lowest BCUT2D eigenvalue weighted by Gasteiger charge is -2.31. The van der Waals surface area contributed by atoms with E-state index in [4.69, 9.17) is 4.74 Å². The first kappa shape index (κ1) is 25.7. The zero-order valence-electron chi connectivity index (χ0n) is 19.3. The van der Waals surface area contributed by atoms with E-state index in [0.717, 1.165) is 17.5 Å². The molecule has 1 N–H and O–H groups in total. The number of hydrogen-bond donors (Lipinski definition) is 1. The Balaban J connectivity index is 2.15. The molecule has 0 heterocycles. The van der Waals surface area contributed by atoms with Crippen molar-refractivity contribution in [2.75, 3.05) is 12.9 Å². The molecule has 0 saturated carbocycles. The van der Waals surface area contributed by atoms with E-state index in [1.165, 1.54) is 23.9 Å². The lowest BCUT2D eigenvalue weighted by Crippen LogP contribution is -2.51. The molecular formula is C25H33FN2O3S. The van der Waals surface area contributed by atoms with Gasteiger partial charge in [0.25, 0.3) is 0 Å². The number of ether oxygens (including phenoxy) is 1. The largest absolute Gasteiger partial charge is 0.497 e. The molecule has 0 spiro atoms. The van der Waals surface area contributed by atoms with E-state index in [-0.39, 0.29) is 29.4 Å². The van der Waals surface area contributed by atoms with Crippen molar-refractivity contribution < 1.29 is 18.7 Å². The smallest absolute Gasteiger partial charge is 0.243 e. The van der Waals surface area contributed by atoms with Crippen LogP contribution in [0.1, 0.15) is 44.7 Å². The first-order valence-electron chi connectivity index (χ1n) is 10.9. The van der Waals surface area contributed by atoms with Crippen molar-refractivity contribution in [1.82, 2.24) is 10.2 Å². The van der Waals surface area contributed by atoms with Gasteiger partial charge in [0, 0.05) is 18.3 Å². The Kier molecular flexibility index (Phi) is 10.5. The van der Waals surface area contributed by atoms with E-state index in [1.54, 1.807) is 24.1 Å². The van der Waals surface area contributed by atoms with Gasteiger partial charge in [0.1, 0.15) is 17.6 Å². The summed E-state index contributed by atoms with van der Waals surface area (Å²) in [5.74, 6) is 1.01. The van der Waals surface area contributed by atoms with E-state index in [9.17, 15) is 14.0 Å². The van der Waals surface area contributed by atoms with E-state index in [0.29, 0.717) is 24.5 Å². The van der Waals surface area contributed by atoms with Gasteiger partial charge in [-0.3, -0.25) is 9.59 Å². The number of carbonyl (C=O) groups excluding carboxylic acids is 2. The zero-order chi connectivity index (χ0) is 23.5. The predicted molar refractivity (Wildman–Crippen MR) is 128 cm³/mol. The second-order valence-electron chi connectivity index (χ2n) is 7.73. The maximum Gasteiger partial charge on any atom is 0.243 e. The molecule has 0 fully saturated rings. The summed E-state index contributed by atoms with van der Waals surface area (Å²) in [7, 11) is 1.60. The first-order valence-corrected chi connectivity index (χ1v) is 12.1. The number of hydrogen-bond acceptors (Lipinski definition) is 4. The Morgan fingerprint density at radius 3 is 2.44 bits per heavy atom. The standard InChI is InChI=1S/C25H33FN2O3S/c1-5-18(3)27-25(30)23(6-2)28(15-20-8-7-9-22(14-20)31-4)24(29)17-32-16-19-10-12-21(26)13-11-19/h7-14,18,23H,5-6,15-17H2,1-4H3,(H,27,30). The SMILES string of the molecule is CCC(C)NC(=O)C(CC)N(Cc1cccc(OC)c1)C(=O)CSCc1ccc(F)cc1. The minimum atomic E-state index is -0.561. The minimum Gasteiger partial charge on any atom is -0.497 e. The van der Waals surface area contributed by atoms with Crippen molar-refractivity contribution in [3.8, 4) is 5.75 Å². The first-order chi connectivity index (χ1) is 15.4. The molecule has 0 aromatic heterocycles. The number of carbonyl (C=O) groups is 2. The third-order valence-electron chi connectivity index (χ3n) is 5.28. The average Bonchev–Trinajstić information content (AvgIpc) is 2.80. The fourth-order valence-corrected chi connectivity index (χ4v) is 4.12. The molecule has 7 heteroatoms. The number of halogens is 1. The molecule has 2 aromatic carbocycles. The number of nitrogens with zero attached hydrogens (tertiary/aromatic N) is 1. The van der Waals surface area contributed by atoms with Gasteiger partial charge in [-0.25, -0.2) is 4.39 Å². The normalized spacial score (nSPS) is 12.7. The van der Waals surface area contributed by atoms with E-state index in [1.807, 2.05) is 45.0 Å². The van der Waals surface area contributed by atoms with Gasteiger partial charge >= 0.3 is 0 Å². The van der Waals surface area contributed by atoms with Crippen LogP contribution in [0.2, 0.25) is 0 Å². The van der Waals surface area contributed by atoms with E-state index < -0.39 is 6.04 Å². The molecule has 2 atom stereocenters. The van der Waals surface area contributed by atoms with Gasteiger partial charge < -0.3 is 15.0 Å². The van der Waals surface area contributed by atoms with Crippen molar-refractivity contribution in [2.45, 2.75) is 58.0 Å². The molecule has 2 amide bonds. The molecule has 0 saturated heterocycles. The van der Waals surface area contributed by atoms with Crippen LogP contribution in [0.3, 0.4) is 0 Å². The fraction of sp³-hybridized carbons (Fsp3) is 0.440. The van der Waals surface area contributed by atoms with Crippen molar-refractivity contribution in [3.63, 3.8) is 0 Å². The highest BCUT2D eigenvalue weighted by molar-refractivity contribution is 7.99. The molecular weight excluding hydrogens is 427 g/mol. The van der Waals surface area contributed by atoms with Crippen LogP contribution in [0.15, 0.2) is 48.5 Å². The molecule has 5 nitrogen and oxygen atoms in total. The molecule has 174 valence electrons. The summed E-state index contributed by atoms with van der Waals surface area (Å²) >= 11 is 1.45. The van der Waals surface area contributed by atoms with Crippen LogP contribution < -0.4 is 10.1 Å². The van der Waals surface area contributed by atoms with Gasteiger partial charge in [0.15, 0.2) is 0 Å². The Labute approximate surface area is 194 Å². The third-order valence-corrected chi connectivity index (χ3v) is 6.27. The van der Waals surface area contributed by atoms with Crippen molar-refractivity contribution in [1.29, 1.82) is 0 Å². The number of nitrogens with one attached hydrogen (secondary N) is 1. The topological polar surface area (TPSA) is 58.6 Å². The Hall–Kier alpha value is -2.54. The summed E-state index contributed by atoms with van der Waals surface area (Å²) in [6, 6.07) is 13.3.